The molecule has 0 aliphatic carbocycles. The van der Waals surface area contributed by atoms with Crippen LogP contribution in [0, 0.1) is 17.3 Å². The molecule has 110 valence electrons. The van der Waals surface area contributed by atoms with Crippen LogP contribution in [-0.4, -0.2) is 21.5 Å². The molecule has 0 amide bonds. The number of nitrogens with two attached hydrogens (primary N) is 1. The maximum Gasteiger partial charge on any atom is 0.242 e. The lowest BCUT2D eigenvalue weighted by Crippen LogP contribution is -2.32. The standard InChI is InChI=1S/C14H19ClN2O2S/c1-14(2,3)10-17-20(18,19)13-7-6-11(5-4-8-16)9-12(13)15/h6-7,9,17H,8,10,16H2,1-3H3. The van der Waals surface area contributed by atoms with Gasteiger partial charge < -0.3 is 5.73 Å². The van der Waals surface area contributed by atoms with E-state index in [9.17, 15) is 8.42 Å². The van der Waals surface area contributed by atoms with Crippen LogP contribution in [0.25, 0.3) is 0 Å². The lowest BCUT2D eigenvalue weighted by Gasteiger charge is -2.19. The van der Waals surface area contributed by atoms with Crippen molar-refractivity contribution in [2.75, 3.05) is 13.1 Å². The van der Waals surface area contributed by atoms with Gasteiger partial charge in [-0.2, -0.15) is 0 Å². The average molecular weight is 315 g/mol. The Morgan fingerprint density at radius 1 is 1.35 bits per heavy atom. The summed E-state index contributed by atoms with van der Waals surface area (Å²) in [5.41, 5.74) is 5.77. The summed E-state index contributed by atoms with van der Waals surface area (Å²) in [5, 5.41) is 0.148. The molecule has 0 unspecified atom stereocenters. The lowest BCUT2D eigenvalue weighted by atomic mass is 9.98. The van der Waals surface area contributed by atoms with E-state index in [2.05, 4.69) is 16.6 Å². The van der Waals surface area contributed by atoms with Gasteiger partial charge in [0.2, 0.25) is 10.0 Å². The molecule has 4 nitrogen and oxygen atoms in total. The van der Waals surface area contributed by atoms with E-state index in [1.54, 1.807) is 6.07 Å². The van der Waals surface area contributed by atoms with Gasteiger partial charge in [-0.05, 0) is 23.6 Å². The summed E-state index contributed by atoms with van der Waals surface area (Å²) in [4.78, 5) is 0.0571. The van der Waals surface area contributed by atoms with E-state index >= 15 is 0 Å². The third-order valence-electron chi connectivity index (χ3n) is 2.35. The van der Waals surface area contributed by atoms with E-state index in [4.69, 9.17) is 17.3 Å². The van der Waals surface area contributed by atoms with Crippen molar-refractivity contribution >= 4 is 21.6 Å². The maximum absolute atomic E-state index is 12.2. The van der Waals surface area contributed by atoms with Crippen LogP contribution in [0.15, 0.2) is 23.1 Å². The molecule has 0 aliphatic heterocycles. The quantitative estimate of drug-likeness (QED) is 0.838. The number of benzene rings is 1. The molecule has 1 aromatic carbocycles. The van der Waals surface area contributed by atoms with Crippen molar-refractivity contribution < 1.29 is 8.42 Å². The highest BCUT2D eigenvalue weighted by Gasteiger charge is 2.20. The summed E-state index contributed by atoms with van der Waals surface area (Å²) in [6.45, 7) is 6.42. The van der Waals surface area contributed by atoms with Gasteiger partial charge in [0, 0.05) is 12.1 Å². The zero-order chi connectivity index (χ0) is 15.4. The molecule has 3 N–H and O–H groups in total. The molecule has 0 radical (unpaired) electrons. The van der Waals surface area contributed by atoms with Crippen molar-refractivity contribution in [3.63, 3.8) is 0 Å². The summed E-state index contributed by atoms with van der Waals surface area (Å²) < 4.78 is 26.9. The monoisotopic (exact) mass is 314 g/mol. The molecule has 1 rings (SSSR count). The van der Waals surface area contributed by atoms with Crippen LogP contribution in [0.1, 0.15) is 26.3 Å². The smallest absolute Gasteiger partial charge is 0.242 e. The minimum atomic E-state index is -3.62. The van der Waals surface area contributed by atoms with Gasteiger partial charge >= 0.3 is 0 Å². The van der Waals surface area contributed by atoms with Crippen LogP contribution in [0.4, 0.5) is 0 Å². The first kappa shape index (κ1) is 17.0. The highest BCUT2D eigenvalue weighted by Crippen LogP contribution is 2.23. The molecule has 0 aliphatic rings. The predicted octanol–water partition coefficient (Wildman–Crippen LogP) is 1.97. The number of halogens is 1. The lowest BCUT2D eigenvalue weighted by molar-refractivity contribution is 0.407. The Morgan fingerprint density at radius 2 is 2.00 bits per heavy atom. The van der Waals surface area contributed by atoms with Crippen molar-refractivity contribution in [3.8, 4) is 11.8 Å². The molecular formula is C14H19ClN2O2S. The van der Waals surface area contributed by atoms with Gasteiger partial charge in [-0.1, -0.05) is 44.2 Å². The first-order chi connectivity index (χ1) is 9.15. The third-order valence-corrected chi connectivity index (χ3v) is 4.23. The summed E-state index contributed by atoms with van der Waals surface area (Å²) in [6.07, 6.45) is 0. The Balaban J connectivity index is 3.02. The van der Waals surface area contributed by atoms with Gasteiger partial charge in [-0.3, -0.25) is 0 Å². The zero-order valence-electron chi connectivity index (χ0n) is 11.8. The fourth-order valence-corrected chi connectivity index (χ4v) is 3.17. The fourth-order valence-electron chi connectivity index (χ4n) is 1.34. The molecule has 0 bridgehead atoms. The Hall–Kier alpha value is -1.06. The number of hydrogen-bond acceptors (Lipinski definition) is 3. The minimum Gasteiger partial charge on any atom is -0.320 e. The maximum atomic E-state index is 12.2. The van der Waals surface area contributed by atoms with Crippen molar-refractivity contribution in [2.45, 2.75) is 25.7 Å². The van der Waals surface area contributed by atoms with Crippen molar-refractivity contribution in [3.05, 3.63) is 28.8 Å². The minimum absolute atomic E-state index is 0.0571. The number of rotatable bonds is 3. The van der Waals surface area contributed by atoms with Gasteiger partial charge in [-0.25, -0.2) is 13.1 Å². The summed E-state index contributed by atoms with van der Waals surface area (Å²) in [5.74, 6) is 5.49. The zero-order valence-corrected chi connectivity index (χ0v) is 13.4. The topological polar surface area (TPSA) is 72.2 Å². The largest absolute Gasteiger partial charge is 0.320 e. The van der Waals surface area contributed by atoms with Crippen molar-refractivity contribution in [2.24, 2.45) is 11.1 Å². The molecule has 0 spiro atoms. The van der Waals surface area contributed by atoms with E-state index in [1.807, 2.05) is 20.8 Å². The molecule has 0 saturated carbocycles. The third kappa shape index (κ3) is 5.14. The molecule has 6 heteroatoms. The van der Waals surface area contributed by atoms with Crippen LogP contribution >= 0.6 is 11.6 Å². The summed E-state index contributed by atoms with van der Waals surface area (Å²) in [6, 6.07) is 4.59. The number of sulfonamides is 1. The van der Waals surface area contributed by atoms with Crippen LogP contribution in [0.5, 0.6) is 0 Å². The SMILES string of the molecule is CC(C)(C)CNS(=O)(=O)c1ccc(C#CCN)cc1Cl. The van der Waals surface area contributed by atoms with Crippen LogP contribution in [-0.2, 0) is 10.0 Å². The second-order valence-corrected chi connectivity index (χ2v) is 7.68. The Kier molecular flexibility index (Phi) is 5.60. The van der Waals surface area contributed by atoms with Gasteiger partial charge in [0.25, 0.3) is 0 Å². The molecule has 0 saturated heterocycles. The first-order valence-electron chi connectivity index (χ1n) is 6.14. The molecular weight excluding hydrogens is 296 g/mol. The van der Waals surface area contributed by atoms with Crippen molar-refractivity contribution in [1.82, 2.24) is 4.72 Å². The molecule has 0 fully saturated rings. The molecule has 20 heavy (non-hydrogen) atoms. The second kappa shape index (κ2) is 6.59. The highest BCUT2D eigenvalue weighted by atomic mass is 35.5. The van der Waals surface area contributed by atoms with Gasteiger partial charge in [0.15, 0.2) is 0 Å². The summed E-state index contributed by atoms with van der Waals surface area (Å²) in [7, 11) is -3.62. The first-order valence-corrected chi connectivity index (χ1v) is 8.00. The van der Waals surface area contributed by atoms with E-state index in [1.165, 1.54) is 12.1 Å². The van der Waals surface area contributed by atoms with Crippen LogP contribution in [0.2, 0.25) is 5.02 Å². The van der Waals surface area contributed by atoms with Gasteiger partial charge in [0.05, 0.1) is 11.6 Å². The molecule has 0 aromatic heterocycles. The Bertz CT molecular complexity index is 637. The summed E-state index contributed by atoms with van der Waals surface area (Å²) >= 11 is 6.02. The van der Waals surface area contributed by atoms with E-state index in [-0.39, 0.29) is 21.9 Å². The second-order valence-electron chi connectivity index (χ2n) is 5.54. The highest BCUT2D eigenvalue weighted by molar-refractivity contribution is 7.89. The Morgan fingerprint density at radius 3 is 2.50 bits per heavy atom. The van der Waals surface area contributed by atoms with E-state index < -0.39 is 10.0 Å². The predicted molar refractivity (Wildman–Crippen MR) is 82.0 cm³/mol. The van der Waals surface area contributed by atoms with E-state index in [0.29, 0.717) is 12.1 Å². The molecule has 0 heterocycles. The number of nitrogens with one attached hydrogen (secondary N) is 1. The molecule has 0 atom stereocenters. The number of hydrogen-bond donors (Lipinski definition) is 2. The van der Waals surface area contributed by atoms with E-state index in [0.717, 1.165) is 0 Å². The van der Waals surface area contributed by atoms with Crippen LogP contribution < -0.4 is 10.5 Å². The van der Waals surface area contributed by atoms with Gasteiger partial charge in [0.1, 0.15) is 4.90 Å². The average Bonchev–Trinajstić information content (AvgIpc) is 2.33. The fraction of sp³-hybridized carbons (Fsp3) is 0.429. The van der Waals surface area contributed by atoms with Gasteiger partial charge in [-0.15, -0.1) is 0 Å². The normalized spacial score (nSPS) is 11.8. The Labute approximate surface area is 125 Å². The van der Waals surface area contributed by atoms with Crippen molar-refractivity contribution in [1.29, 1.82) is 0 Å². The van der Waals surface area contributed by atoms with Crippen LogP contribution in [0.3, 0.4) is 0 Å². The molecule has 1 aromatic rings.